The lowest BCUT2D eigenvalue weighted by atomic mass is 10.1. The van der Waals surface area contributed by atoms with Gasteiger partial charge in [-0.15, -0.1) is 0 Å². The molecule has 0 unspecified atom stereocenters. The number of nitrogens with zero attached hydrogens (tertiary/aromatic N) is 2. The van der Waals surface area contributed by atoms with Crippen molar-refractivity contribution in [1.82, 2.24) is 14.5 Å². The molecule has 2 saturated heterocycles. The third-order valence-electron chi connectivity index (χ3n) is 6.36. The minimum Gasteiger partial charge on any atom is -0.341 e. The lowest BCUT2D eigenvalue weighted by molar-refractivity contribution is -0.143. The van der Waals surface area contributed by atoms with Crippen LogP contribution < -0.4 is 4.72 Å². The summed E-state index contributed by atoms with van der Waals surface area (Å²) in [6.07, 6.45) is 4.53. The van der Waals surface area contributed by atoms with E-state index in [1.54, 1.807) is 37.3 Å². The normalized spacial score (nSPS) is 21.1. The molecular formula is C23H28ClN3O4S. The number of sulfonamides is 1. The van der Waals surface area contributed by atoms with Gasteiger partial charge in [0.15, 0.2) is 0 Å². The summed E-state index contributed by atoms with van der Waals surface area (Å²) in [6, 6.07) is 8.52. The molecule has 0 aliphatic carbocycles. The van der Waals surface area contributed by atoms with E-state index in [1.165, 1.54) is 11.0 Å². The third kappa shape index (κ3) is 4.77. The first kappa shape index (κ1) is 23.0. The van der Waals surface area contributed by atoms with E-state index in [2.05, 4.69) is 4.72 Å². The highest BCUT2D eigenvalue weighted by Gasteiger charge is 2.40. The smallest absolute Gasteiger partial charge is 0.245 e. The number of amides is 2. The highest BCUT2D eigenvalue weighted by Crippen LogP contribution is 2.24. The number of halogens is 1. The van der Waals surface area contributed by atoms with Crippen LogP contribution in [-0.2, 0) is 19.6 Å². The Morgan fingerprint density at radius 2 is 1.69 bits per heavy atom. The number of hydrogen-bond acceptors (Lipinski definition) is 4. The highest BCUT2D eigenvalue weighted by atomic mass is 35.5. The zero-order valence-corrected chi connectivity index (χ0v) is 19.7. The molecule has 172 valence electrons. The van der Waals surface area contributed by atoms with Gasteiger partial charge in [0.2, 0.25) is 21.8 Å². The Bertz CT molecular complexity index is 1130. The summed E-state index contributed by atoms with van der Waals surface area (Å²) >= 11 is 6.00. The summed E-state index contributed by atoms with van der Waals surface area (Å²) in [6.45, 7) is 3.52. The maximum atomic E-state index is 13.0. The molecule has 2 aliphatic heterocycles. The van der Waals surface area contributed by atoms with Crippen molar-refractivity contribution in [1.29, 1.82) is 0 Å². The molecule has 2 atom stereocenters. The van der Waals surface area contributed by atoms with E-state index >= 15 is 0 Å². The molecule has 9 heteroatoms. The lowest BCUT2D eigenvalue weighted by Gasteiger charge is -2.29. The standard InChI is InChI=1S/C23H28ClN3O4S/c1-16(22(28)26-11-4-2-3-5-12-26)27-13-10-21(23(27)29)25-32(30,31)20-9-7-17-14-19(24)8-6-18(17)15-20/h6-9,14-16,21,25H,2-5,10-13H2,1H3/t16-,21-/m0/s1. The summed E-state index contributed by atoms with van der Waals surface area (Å²) < 4.78 is 28.5. The van der Waals surface area contributed by atoms with Crippen molar-refractivity contribution < 1.29 is 18.0 Å². The van der Waals surface area contributed by atoms with E-state index in [9.17, 15) is 18.0 Å². The van der Waals surface area contributed by atoms with Gasteiger partial charge in [0, 0.05) is 24.7 Å². The fourth-order valence-corrected chi connectivity index (χ4v) is 5.94. The van der Waals surface area contributed by atoms with Crippen LogP contribution in [-0.4, -0.2) is 61.7 Å². The van der Waals surface area contributed by atoms with Crippen molar-refractivity contribution in [3.05, 3.63) is 41.4 Å². The van der Waals surface area contributed by atoms with Gasteiger partial charge in [-0.2, -0.15) is 4.72 Å². The first-order valence-corrected chi connectivity index (χ1v) is 12.9. The molecule has 32 heavy (non-hydrogen) atoms. The summed E-state index contributed by atoms with van der Waals surface area (Å²) in [5.41, 5.74) is 0. The van der Waals surface area contributed by atoms with Crippen LogP contribution in [0.3, 0.4) is 0 Å². The number of carbonyl (C=O) groups excluding carboxylic acids is 2. The Kier molecular flexibility index (Phi) is 6.74. The minimum absolute atomic E-state index is 0.0584. The van der Waals surface area contributed by atoms with E-state index in [0.717, 1.165) is 36.5 Å². The van der Waals surface area contributed by atoms with Crippen molar-refractivity contribution >= 4 is 44.2 Å². The fourth-order valence-electron chi connectivity index (χ4n) is 4.50. The fraction of sp³-hybridized carbons (Fsp3) is 0.478. The molecule has 0 spiro atoms. The van der Waals surface area contributed by atoms with Crippen LogP contribution in [0.25, 0.3) is 10.8 Å². The minimum atomic E-state index is -3.90. The van der Waals surface area contributed by atoms with Crippen molar-refractivity contribution in [3.63, 3.8) is 0 Å². The monoisotopic (exact) mass is 477 g/mol. The Hall–Kier alpha value is -2.16. The molecule has 2 amide bonds. The number of rotatable bonds is 5. The summed E-state index contributed by atoms with van der Waals surface area (Å²) in [7, 11) is -3.90. The van der Waals surface area contributed by atoms with Crippen molar-refractivity contribution in [3.8, 4) is 0 Å². The maximum Gasteiger partial charge on any atom is 0.245 e. The lowest BCUT2D eigenvalue weighted by Crippen LogP contribution is -2.50. The average Bonchev–Trinajstić information content (AvgIpc) is 2.96. The van der Waals surface area contributed by atoms with Crippen LogP contribution in [0, 0.1) is 0 Å². The zero-order valence-electron chi connectivity index (χ0n) is 18.1. The van der Waals surface area contributed by atoms with Gasteiger partial charge in [0.1, 0.15) is 12.1 Å². The van der Waals surface area contributed by atoms with Crippen LogP contribution in [0.1, 0.15) is 39.0 Å². The molecule has 2 fully saturated rings. The van der Waals surface area contributed by atoms with Gasteiger partial charge in [0.05, 0.1) is 4.90 Å². The van der Waals surface area contributed by atoms with Gasteiger partial charge in [-0.1, -0.05) is 36.6 Å². The van der Waals surface area contributed by atoms with Crippen LogP contribution in [0.4, 0.5) is 0 Å². The summed E-state index contributed by atoms with van der Waals surface area (Å²) in [4.78, 5) is 29.3. The predicted octanol–water partition coefficient (Wildman–Crippen LogP) is 3.16. The predicted molar refractivity (Wildman–Crippen MR) is 124 cm³/mol. The van der Waals surface area contributed by atoms with Crippen LogP contribution in [0.5, 0.6) is 0 Å². The van der Waals surface area contributed by atoms with Crippen LogP contribution >= 0.6 is 11.6 Å². The number of benzene rings is 2. The Morgan fingerprint density at radius 3 is 2.41 bits per heavy atom. The summed E-state index contributed by atoms with van der Waals surface area (Å²) in [5, 5.41) is 2.15. The molecule has 0 saturated carbocycles. The second kappa shape index (κ2) is 9.37. The highest BCUT2D eigenvalue weighted by molar-refractivity contribution is 7.89. The third-order valence-corrected chi connectivity index (χ3v) is 8.07. The van der Waals surface area contributed by atoms with Crippen molar-refractivity contribution in [2.24, 2.45) is 0 Å². The molecule has 7 nitrogen and oxygen atoms in total. The molecule has 2 aromatic rings. The molecule has 2 aromatic carbocycles. The Labute approximate surface area is 193 Å². The van der Waals surface area contributed by atoms with Crippen LogP contribution in [0.2, 0.25) is 5.02 Å². The number of likely N-dealkylation sites (tertiary alicyclic amines) is 2. The number of nitrogens with one attached hydrogen (secondary N) is 1. The van der Waals surface area contributed by atoms with E-state index in [-0.39, 0.29) is 16.7 Å². The van der Waals surface area contributed by atoms with Crippen molar-refractivity contribution in [2.45, 2.75) is 56.0 Å². The largest absolute Gasteiger partial charge is 0.341 e. The van der Waals surface area contributed by atoms with Gasteiger partial charge in [-0.25, -0.2) is 8.42 Å². The molecule has 2 aliphatic rings. The van der Waals surface area contributed by atoms with Gasteiger partial charge >= 0.3 is 0 Å². The van der Waals surface area contributed by atoms with E-state index in [0.29, 0.717) is 31.1 Å². The number of hydrogen-bond donors (Lipinski definition) is 1. The second-order valence-electron chi connectivity index (χ2n) is 8.56. The van der Waals surface area contributed by atoms with Gasteiger partial charge in [0.25, 0.3) is 0 Å². The van der Waals surface area contributed by atoms with E-state index in [1.807, 2.05) is 4.90 Å². The maximum absolute atomic E-state index is 13.0. The molecule has 0 aromatic heterocycles. The van der Waals surface area contributed by atoms with E-state index in [4.69, 9.17) is 11.6 Å². The summed E-state index contributed by atoms with van der Waals surface area (Å²) in [5.74, 6) is -0.409. The molecule has 4 rings (SSSR count). The molecule has 2 heterocycles. The topological polar surface area (TPSA) is 86.8 Å². The molecule has 0 radical (unpaired) electrons. The average molecular weight is 478 g/mol. The number of fused-ring (bicyclic) bond motifs is 1. The molecular weight excluding hydrogens is 450 g/mol. The van der Waals surface area contributed by atoms with Gasteiger partial charge in [-0.05, 0) is 61.2 Å². The first-order chi connectivity index (χ1) is 15.3. The SMILES string of the molecule is C[C@@H](C(=O)N1CCCCCC1)N1CC[C@H](NS(=O)(=O)c2ccc3cc(Cl)ccc3c2)C1=O. The Balaban J connectivity index is 1.45. The second-order valence-corrected chi connectivity index (χ2v) is 10.7. The molecule has 1 N–H and O–H groups in total. The van der Waals surface area contributed by atoms with Crippen LogP contribution in [0.15, 0.2) is 41.3 Å². The number of carbonyl (C=O) groups is 2. The van der Waals surface area contributed by atoms with Gasteiger partial charge < -0.3 is 9.80 Å². The Morgan fingerprint density at radius 1 is 1.03 bits per heavy atom. The first-order valence-electron chi connectivity index (χ1n) is 11.1. The van der Waals surface area contributed by atoms with Gasteiger partial charge in [-0.3, -0.25) is 9.59 Å². The van der Waals surface area contributed by atoms with Crippen molar-refractivity contribution in [2.75, 3.05) is 19.6 Å². The van der Waals surface area contributed by atoms with E-state index < -0.39 is 22.1 Å². The molecule has 0 bridgehead atoms. The quantitative estimate of drug-likeness (QED) is 0.716. The zero-order chi connectivity index (χ0) is 22.9.